The van der Waals surface area contributed by atoms with Gasteiger partial charge < -0.3 is 20.3 Å². The van der Waals surface area contributed by atoms with Gasteiger partial charge in [0.15, 0.2) is 17.5 Å². The zero-order chi connectivity index (χ0) is 28.2. The van der Waals surface area contributed by atoms with Crippen molar-refractivity contribution in [3.05, 3.63) is 52.5 Å². The molecule has 3 atom stereocenters. The minimum Gasteiger partial charge on any atom is -0.381 e. The number of nitrogens with two attached hydrogens (primary N) is 1. The monoisotopic (exact) mass is 556 g/mol. The van der Waals surface area contributed by atoms with Crippen molar-refractivity contribution in [1.82, 2.24) is 19.4 Å². The van der Waals surface area contributed by atoms with Crippen LogP contribution in [-0.4, -0.2) is 69.5 Å². The van der Waals surface area contributed by atoms with Crippen molar-refractivity contribution in [3.63, 3.8) is 0 Å². The maximum atomic E-state index is 15.1. The Labute approximate surface area is 228 Å². The molecule has 1 aromatic carbocycles. The van der Waals surface area contributed by atoms with Crippen LogP contribution in [0.25, 0.3) is 22.2 Å². The first-order chi connectivity index (χ1) is 18.5. The van der Waals surface area contributed by atoms with E-state index in [1.807, 2.05) is 31.7 Å². The molecule has 4 heterocycles. The van der Waals surface area contributed by atoms with Gasteiger partial charge >= 0.3 is 5.69 Å². The largest absolute Gasteiger partial charge is 0.381 e. The predicted molar refractivity (Wildman–Crippen MR) is 148 cm³/mol. The number of benzene rings is 1. The van der Waals surface area contributed by atoms with E-state index in [9.17, 15) is 14.0 Å². The van der Waals surface area contributed by atoms with E-state index in [1.54, 1.807) is 16.6 Å². The van der Waals surface area contributed by atoms with Crippen LogP contribution < -0.4 is 16.3 Å². The number of aryl methyl sites for hydroxylation is 1. The number of aromatic nitrogens is 3. The highest BCUT2D eigenvalue weighted by atomic mass is 32.2. The van der Waals surface area contributed by atoms with Gasteiger partial charge in [0, 0.05) is 59.9 Å². The third-order valence-electron chi connectivity index (χ3n) is 7.37. The summed E-state index contributed by atoms with van der Waals surface area (Å²) >= 11 is 1.43. The smallest absolute Gasteiger partial charge is 0.350 e. The van der Waals surface area contributed by atoms with E-state index in [-0.39, 0.29) is 36.3 Å². The Bertz CT molecular complexity index is 1550. The molecule has 2 N–H and O–H groups in total. The van der Waals surface area contributed by atoms with Crippen molar-refractivity contribution >= 4 is 40.2 Å². The fraction of sp³-hybridized carbons (Fsp3) is 0.407. The molecule has 0 aliphatic carbocycles. The minimum atomic E-state index is -0.937. The zero-order valence-corrected chi connectivity index (χ0v) is 23.0. The highest BCUT2D eigenvalue weighted by Crippen LogP contribution is 2.44. The van der Waals surface area contributed by atoms with Gasteiger partial charge in [-0.05, 0) is 38.5 Å². The van der Waals surface area contributed by atoms with Crippen LogP contribution in [0.2, 0.25) is 0 Å². The number of methoxy groups -OCH3 is 1. The molecule has 2 aromatic heterocycles. The first-order valence-electron chi connectivity index (χ1n) is 12.6. The lowest BCUT2D eigenvalue weighted by Crippen LogP contribution is -2.58. The van der Waals surface area contributed by atoms with Crippen molar-refractivity contribution in [2.24, 2.45) is 0 Å². The van der Waals surface area contributed by atoms with Gasteiger partial charge in [0.2, 0.25) is 5.91 Å². The maximum Gasteiger partial charge on any atom is 0.350 e. The molecule has 2 aliphatic heterocycles. The first kappa shape index (κ1) is 27.1. The van der Waals surface area contributed by atoms with Gasteiger partial charge in [-0.15, -0.1) is 11.8 Å². The minimum absolute atomic E-state index is 0.0807. The Morgan fingerprint density at radius 2 is 1.87 bits per heavy atom. The van der Waals surface area contributed by atoms with Crippen molar-refractivity contribution in [2.75, 3.05) is 36.6 Å². The molecule has 39 heavy (non-hydrogen) atoms. The number of piperazine rings is 1. The topological polar surface area (TPSA) is 107 Å². The summed E-state index contributed by atoms with van der Waals surface area (Å²) in [6.07, 6.45) is 1.01. The van der Waals surface area contributed by atoms with Crippen LogP contribution in [-0.2, 0) is 16.1 Å². The van der Waals surface area contributed by atoms with Crippen LogP contribution in [0.3, 0.4) is 0 Å². The molecule has 0 bridgehead atoms. The number of carbonyl (C=O) groups excluding carboxylic acids is 1. The van der Waals surface area contributed by atoms with Crippen LogP contribution >= 0.6 is 11.8 Å². The number of carbonyl (C=O) groups is 1. The van der Waals surface area contributed by atoms with Crippen LogP contribution in [0.4, 0.5) is 20.4 Å². The lowest BCUT2D eigenvalue weighted by molar-refractivity contribution is -0.130. The summed E-state index contributed by atoms with van der Waals surface area (Å²) in [4.78, 5) is 39.0. The Morgan fingerprint density at radius 1 is 1.18 bits per heavy atom. The fourth-order valence-electron chi connectivity index (χ4n) is 5.63. The van der Waals surface area contributed by atoms with E-state index in [4.69, 9.17) is 10.5 Å². The zero-order valence-electron chi connectivity index (χ0n) is 22.2. The van der Waals surface area contributed by atoms with Crippen LogP contribution in [0.1, 0.15) is 19.4 Å². The number of rotatable bonds is 4. The summed E-state index contributed by atoms with van der Waals surface area (Å²) in [6.45, 7) is 10.5. The van der Waals surface area contributed by atoms with E-state index in [1.165, 1.54) is 17.8 Å². The van der Waals surface area contributed by atoms with Crippen molar-refractivity contribution in [3.8, 4) is 11.3 Å². The van der Waals surface area contributed by atoms with E-state index >= 15 is 4.39 Å². The number of pyridine rings is 1. The van der Waals surface area contributed by atoms with Crippen LogP contribution in [0.15, 0.2) is 34.5 Å². The molecule has 0 spiro atoms. The van der Waals surface area contributed by atoms with Gasteiger partial charge in [-0.25, -0.2) is 18.6 Å². The lowest BCUT2D eigenvalue weighted by atomic mass is 10.00. The Hall–Kier alpha value is -3.51. The van der Waals surface area contributed by atoms with Gasteiger partial charge in [0.05, 0.1) is 18.2 Å². The highest BCUT2D eigenvalue weighted by molar-refractivity contribution is 7.99. The second kappa shape index (κ2) is 10.2. The quantitative estimate of drug-likeness (QED) is 0.488. The van der Waals surface area contributed by atoms with E-state index in [0.29, 0.717) is 51.6 Å². The SMILES string of the molecule is C=CC(=O)N1[C@H](C)CN(c2nc(=O)n3c4c(c(-c5nc(N)c(F)cc5F)c(C)cc24)SC[C@@H](OC)C3)C[C@@H]1C. The third-order valence-corrected chi connectivity index (χ3v) is 8.59. The number of halogens is 2. The summed E-state index contributed by atoms with van der Waals surface area (Å²) < 4.78 is 36.3. The molecule has 5 rings (SSSR count). The number of thioether (sulfide) groups is 1. The molecule has 1 saturated heterocycles. The average molecular weight is 557 g/mol. The van der Waals surface area contributed by atoms with E-state index < -0.39 is 23.1 Å². The molecular weight excluding hydrogens is 526 g/mol. The molecule has 0 saturated carbocycles. The Balaban J connectivity index is 1.76. The predicted octanol–water partition coefficient (Wildman–Crippen LogP) is 3.36. The number of hydrogen-bond donors (Lipinski definition) is 1. The lowest BCUT2D eigenvalue weighted by Gasteiger charge is -2.44. The summed E-state index contributed by atoms with van der Waals surface area (Å²) in [5, 5.41) is 0.716. The maximum absolute atomic E-state index is 15.1. The molecule has 0 radical (unpaired) electrons. The van der Waals surface area contributed by atoms with Gasteiger partial charge in [0.1, 0.15) is 11.5 Å². The molecular formula is C27H30F2N6O3S. The number of nitrogens with zero attached hydrogens (tertiary/aromatic N) is 5. The molecule has 3 aromatic rings. The molecule has 0 unspecified atom stereocenters. The normalized spacial score (nSPS) is 21.2. The van der Waals surface area contributed by atoms with Gasteiger partial charge in [-0.3, -0.25) is 9.36 Å². The fourth-order valence-corrected chi connectivity index (χ4v) is 6.99. The summed E-state index contributed by atoms with van der Waals surface area (Å²) in [5.41, 5.74) is 6.89. The first-order valence-corrected chi connectivity index (χ1v) is 13.6. The number of hydrogen-bond acceptors (Lipinski definition) is 8. The van der Waals surface area contributed by atoms with E-state index in [0.717, 1.165) is 6.07 Å². The number of ether oxygens (including phenoxy) is 1. The standard InChI is InChI=1S/C27H30F2N6O3S/c1-6-20(36)35-14(3)9-33(10-15(35)4)26-17-7-13(2)21(22-18(28)8-19(29)25(30)31-22)24-23(17)34(27(37)32-26)11-16(38-5)12-39-24/h6-8,14-16H,1,9-12H2,2-5H3,(H2,30,31)/t14-,15+,16-/m0/s1. The molecule has 2 aliphatic rings. The van der Waals surface area contributed by atoms with Gasteiger partial charge in [-0.2, -0.15) is 4.98 Å². The summed E-state index contributed by atoms with van der Waals surface area (Å²) in [5.74, 6) is -1.35. The van der Waals surface area contributed by atoms with Crippen molar-refractivity contribution in [1.29, 1.82) is 0 Å². The third kappa shape index (κ3) is 4.55. The second-order valence-electron chi connectivity index (χ2n) is 10.0. The number of anilines is 2. The number of nitrogen functional groups attached to an aromatic ring is 1. The average Bonchev–Trinajstić information content (AvgIpc) is 3.08. The summed E-state index contributed by atoms with van der Waals surface area (Å²) in [6, 6.07) is 2.28. The Morgan fingerprint density at radius 3 is 2.51 bits per heavy atom. The van der Waals surface area contributed by atoms with E-state index in [2.05, 4.69) is 16.5 Å². The van der Waals surface area contributed by atoms with Gasteiger partial charge in [-0.1, -0.05) is 6.58 Å². The van der Waals surface area contributed by atoms with Crippen molar-refractivity contribution < 1.29 is 18.3 Å². The number of amides is 1. The van der Waals surface area contributed by atoms with Gasteiger partial charge in [0.25, 0.3) is 0 Å². The van der Waals surface area contributed by atoms with Crippen LogP contribution in [0, 0.1) is 18.6 Å². The molecule has 9 nitrogen and oxygen atoms in total. The second-order valence-corrected chi connectivity index (χ2v) is 11.1. The Kier molecular flexibility index (Phi) is 7.10. The molecule has 1 fully saturated rings. The molecule has 12 heteroatoms. The highest BCUT2D eigenvalue weighted by Gasteiger charge is 2.35. The summed E-state index contributed by atoms with van der Waals surface area (Å²) in [7, 11) is 1.58. The van der Waals surface area contributed by atoms with Crippen molar-refractivity contribution in [2.45, 2.75) is 50.4 Å². The van der Waals surface area contributed by atoms with Crippen LogP contribution in [0.5, 0.6) is 0 Å². The molecule has 206 valence electrons. The molecule has 1 amide bonds.